The zero-order chi connectivity index (χ0) is 8.81. The third kappa shape index (κ3) is 3.23. The van der Waals surface area contributed by atoms with Crippen molar-refractivity contribution in [3.8, 4) is 0 Å². The molecule has 1 heterocycles. The number of H-pyrrole nitrogens is 1. The maximum atomic E-state index is 4.02. The summed E-state index contributed by atoms with van der Waals surface area (Å²) in [6.07, 6.45) is 1.53. The Morgan fingerprint density at radius 3 is 3.17 bits per heavy atom. The van der Waals surface area contributed by atoms with Gasteiger partial charge in [-0.1, -0.05) is 18.7 Å². The van der Waals surface area contributed by atoms with Crippen LogP contribution < -0.4 is 5.32 Å². The van der Waals surface area contributed by atoms with Crippen LogP contribution in [0.5, 0.6) is 0 Å². The molecule has 0 saturated heterocycles. The number of rotatable bonds is 5. The molecule has 0 bridgehead atoms. The summed E-state index contributed by atoms with van der Waals surface area (Å²) in [5.41, 5.74) is 0. The molecule has 0 aliphatic carbocycles. The number of nitrogens with one attached hydrogen (secondary N) is 2. The fraction of sp³-hybridized carbons (Fsp3) is 0.714. The van der Waals surface area contributed by atoms with Gasteiger partial charge < -0.3 is 5.32 Å². The van der Waals surface area contributed by atoms with E-state index in [1.54, 1.807) is 11.8 Å². The van der Waals surface area contributed by atoms with E-state index in [4.69, 9.17) is 0 Å². The molecule has 0 fully saturated rings. The fourth-order valence-electron chi connectivity index (χ4n) is 0.892. The highest BCUT2D eigenvalue weighted by Crippen LogP contribution is 2.14. The second-order valence-electron chi connectivity index (χ2n) is 2.76. The van der Waals surface area contributed by atoms with Crippen LogP contribution in [-0.4, -0.2) is 34.5 Å². The van der Waals surface area contributed by atoms with Crippen LogP contribution in [0, 0.1) is 5.92 Å². The topological polar surface area (TPSA) is 53.6 Å². The van der Waals surface area contributed by atoms with Crippen molar-refractivity contribution in [2.75, 3.05) is 19.3 Å². The molecule has 1 unspecified atom stereocenters. The van der Waals surface area contributed by atoms with E-state index >= 15 is 0 Å². The SMILES string of the molecule is CNCC(C)CSc1ncn[nH]1. The van der Waals surface area contributed by atoms with Gasteiger partial charge in [0.25, 0.3) is 0 Å². The maximum Gasteiger partial charge on any atom is 0.183 e. The van der Waals surface area contributed by atoms with Crippen LogP contribution in [0.25, 0.3) is 0 Å². The molecule has 1 aromatic rings. The average molecular weight is 186 g/mol. The highest BCUT2D eigenvalue weighted by Gasteiger charge is 2.02. The van der Waals surface area contributed by atoms with Crippen LogP contribution in [0.3, 0.4) is 0 Å². The van der Waals surface area contributed by atoms with E-state index in [0.717, 1.165) is 17.5 Å². The van der Waals surface area contributed by atoms with Crippen LogP contribution in [0.4, 0.5) is 0 Å². The van der Waals surface area contributed by atoms with E-state index in [0.29, 0.717) is 5.92 Å². The number of aromatic amines is 1. The minimum Gasteiger partial charge on any atom is -0.319 e. The molecule has 2 N–H and O–H groups in total. The van der Waals surface area contributed by atoms with Gasteiger partial charge in [-0.2, -0.15) is 5.10 Å². The lowest BCUT2D eigenvalue weighted by Gasteiger charge is -2.07. The van der Waals surface area contributed by atoms with E-state index < -0.39 is 0 Å². The molecule has 1 rings (SSSR count). The summed E-state index contributed by atoms with van der Waals surface area (Å²) in [5, 5.41) is 10.6. The standard InChI is InChI=1S/C7H14N4S/c1-6(3-8-2)4-12-7-9-5-10-11-7/h5-6,8H,3-4H2,1-2H3,(H,9,10,11). The summed E-state index contributed by atoms with van der Waals surface area (Å²) in [7, 11) is 1.97. The first-order valence-electron chi connectivity index (χ1n) is 3.95. The van der Waals surface area contributed by atoms with Gasteiger partial charge in [0, 0.05) is 5.75 Å². The average Bonchev–Trinajstić information content (AvgIpc) is 2.53. The van der Waals surface area contributed by atoms with Gasteiger partial charge in [0.1, 0.15) is 6.33 Å². The van der Waals surface area contributed by atoms with Crippen LogP contribution >= 0.6 is 11.8 Å². The van der Waals surface area contributed by atoms with Crippen LogP contribution in [0.2, 0.25) is 0 Å². The zero-order valence-electron chi connectivity index (χ0n) is 7.37. The Hall–Kier alpha value is -0.550. The molecule has 4 nitrogen and oxygen atoms in total. The molecular formula is C7H14N4S. The molecule has 68 valence electrons. The van der Waals surface area contributed by atoms with Gasteiger partial charge in [0.15, 0.2) is 5.16 Å². The normalized spacial score (nSPS) is 13.2. The molecule has 5 heteroatoms. The van der Waals surface area contributed by atoms with Gasteiger partial charge in [-0.05, 0) is 19.5 Å². The summed E-state index contributed by atoms with van der Waals surface area (Å²) < 4.78 is 0. The lowest BCUT2D eigenvalue weighted by atomic mass is 10.2. The van der Waals surface area contributed by atoms with Crippen molar-refractivity contribution in [3.05, 3.63) is 6.33 Å². The van der Waals surface area contributed by atoms with Crippen molar-refractivity contribution in [1.82, 2.24) is 20.5 Å². The van der Waals surface area contributed by atoms with Gasteiger partial charge in [-0.15, -0.1) is 0 Å². The van der Waals surface area contributed by atoms with Crippen molar-refractivity contribution in [1.29, 1.82) is 0 Å². The molecule has 0 radical (unpaired) electrons. The van der Waals surface area contributed by atoms with E-state index in [9.17, 15) is 0 Å². The van der Waals surface area contributed by atoms with Crippen molar-refractivity contribution >= 4 is 11.8 Å². The number of aromatic nitrogens is 3. The van der Waals surface area contributed by atoms with Crippen molar-refractivity contribution in [2.45, 2.75) is 12.1 Å². The summed E-state index contributed by atoms with van der Waals surface area (Å²) in [6, 6.07) is 0. The summed E-state index contributed by atoms with van der Waals surface area (Å²) in [5.74, 6) is 1.72. The molecular weight excluding hydrogens is 172 g/mol. The monoisotopic (exact) mass is 186 g/mol. The summed E-state index contributed by atoms with van der Waals surface area (Å²) >= 11 is 1.71. The Morgan fingerprint density at radius 1 is 1.75 bits per heavy atom. The Labute approximate surface area is 76.5 Å². The first-order valence-corrected chi connectivity index (χ1v) is 4.94. The van der Waals surface area contributed by atoms with Crippen molar-refractivity contribution in [3.63, 3.8) is 0 Å². The maximum absolute atomic E-state index is 4.02. The van der Waals surface area contributed by atoms with Gasteiger partial charge in [-0.25, -0.2) is 4.98 Å². The highest BCUT2D eigenvalue weighted by atomic mass is 32.2. The molecule has 0 aromatic carbocycles. The Kier molecular flexibility index (Phi) is 4.10. The Morgan fingerprint density at radius 2 is 2.58 bits per heavy atom. The van der Waals surface area contributed by atoms with E-state index in [2.05, 4.69) is 27.4 Å². The number of hydrogen-bond donors (Lipinski definition) is 2. The second kappa shape index (κ2) is 5.16. The largest absolute Gasteiger partial charge is 0.319 e. The van der Waals surface area contributed by atoms with Crippen LogP contribution in [0.15, 0.2) is 11.5 Å². The minimum atomic E-state index is 0.657. The first-order chi connectivity index (χ1) is 5.83. The molecule has 0 aliphatic rings. The third-order valence-electron chi connectivity index (χ3n) is 1.45. The third-order valence-corrected chi connectivity index (χ3v) is 2.66. The fourth-order valence-corrected chi connectivity index (χ4v) is 1.69. The summed E-state index contributed by atoms with van der Waals surface area (Å²) in [6.45, 7) is 3.25. The molecule has 0 saturated carbocycles. The lowest BCUT2D eigenvalue weighted by Crippen LogP contribution is -2.17. The van der Waals surface area contributed by atoms with Crippen molar-refractivity contribution < 1.29 is 0 Å². The lowest BCUT2D eigenvalue weighted by molar-refractivity contribution is 0.603. The van der Waals surface area contributed by atoms with E-state index in [1.165, 1.54) is 6.33 Å². The van der Waals surface area contributed by atoms with Gasteiger partial charge in [0.2, 0.25) is 0 Å². The van der Waals surface area contributed by atoms with Gasteiger partial charge in [0.05, 0.1) is 0 Å². The van der Waals surface area contributed by atoms with Crippen LogP contribution in [0.1, 0.15) is 6.92 Å². The molecule has 0 aliphatic heterocycles. The quantitative estimate of drug-likeness (QED) is 0.666. The Balaban J connectivity index is 2.17. The molecule has 12 heavy (non-hydrogen) atoms. The highest BCUT2D eigenvalue weighted by molar-refractivity contribution is 7.99. The van der Waals surface area contributed by atoms with Gasteiger partial charge in [-0.3, -0.25) is 5.10 Å². The predicted octanol–water partition coefficient (Wildman–Crippen LogP) is 0.752. The van der Waals surface area contributed by atoms with Crippen molar-refractivity contribution in [2.24, 2.45) is 5.92 Å². The molecule has 0 amide bonds. The first kappa shape index (κ1) is 9.54. The predicted molar refractivity (Wildman–Crippen MR) is 50.2 cm³/mol. The Bertz CT molecular complexity index is 199. The minimum absolute atomic E-state index is 0.657. The number of hydrogen-bond acceptors (Lipinski definition) is 4. The van der Waals surface area contributed by atoms with E-state index in [1.807, 2.05) is 7.05 Å². The zero-order valence-corrected chi connectivity index (χ0v) is 8.19. The molecule has 1 atom stereocenters. The van der Waals surface area contributed by atoms with E-state index in [-0.39, 0.29) is 0 Å². The van der Waals surface area contributed by atoms with Crippen LogP contribution in [-0.2, 0) is 0 Å². The smallest absolute Gasteiger partial charge is 0.183 e. The van der Waals surface area contributed by atoms with Gasteiger partial charge >= 0.3 is 0 Å². The summed E-state index contributed by atoms with van der Waals surface area (Å²) in [4.78, 5) is 4.02. The molecule has 1 aromatic heterocycles. The second-order valence-corrected chi connectivity index (χ2v) is 3.77. The number of nitrogens with zero attached hydrogens (tertiary/aromatic N) is 2. The molecule has 0 spiro atoms. The number of thioether (sulfide) groups is 1.